The van der Waals surface area contributed by atoms with E-state index in [9.17, 15) is 4.79 Å². The van der Waals surface area contributed by atoms with Gasteiger partial charge < -0.3 is 4.98 Å². The molecule has 2 aromatic heterocycles. The minimum Gasteiger partial charge on any atom is -0.313 e. The number of hydrogen-bond donors (Lipinski definition) is 1. The van der Waals surface area contributed by atoms with Crippen molar-refractivity contribution < 1.29 is 0 Å². The summed E-state index contributed by atoms with van der Waals surface area (Å²) in [7, 11) is 0. The van der Waals surface area contributed by atoms with Crippen LogP contribution in [0.15, 0.2) is 33.1 Å². The number of nitrogens with zero attached hydrogens (tertiary/aromatic N) is 1. The predicted molar refractivity (Wildman–Crippen MR) is 55.9 cm³/mol. The fraction of sp³-hybridized carbons (Fsp3) is 0. The van der Waals surface area contributed by atoms with Crippen LogP contribution >= 0.6 is 27.3 Å². The summed E-state index contributed by atoms with van der Waals surface area (Å²) in [5.74, 6) is 0. The molecule has 0 fully saturated rings. The maximum atomic E-state index is 11.0. The Morgan fingerprint density at radius 2 is 2.31 bits per heavy atom. The van der Waals surface area contributed by atoms with Crippen LogP contribution in [0.1, 0.15) is 0 Å². The van der Waals surface area contributed by atoms with Gasteiger partial charge in [-0.1, -0.05) is 0 Å². The molecule has 13 heavy (non-hydrogen) atoms. The average molecular weight is 257 g/mol. The van der Waals surface area contributed by atoms with E-state index in [1.54, 1.807) is 11.3 Å². The third-order valence-electron chi connectivity index (χ3n) is 1.50. The molecular weight excluding hydrogens is 252 g/mol. The zero-order chi connectivity index (χ0) is 9.26. The molecule has 0 aliphatic carbocycles. The third kappa shape index (κ3) is 1.87. The largest absolute Gasteiger partial charge is 0.313 e. The van der Waals surface area contributed by atoms with Crippen LogP contribution in [0.3, 0.4) is 0 Å². The van der Waals surface area contributed by atoms with Crippen molar-refractivity contribution in [1.82, 2.24) is 9.97 Å². The van der Waals surface area contributed by atoms with Crippen LogP contribution in [0, 0.1) is 0 Å². The normalized spacial score (nSPS) is 10.2. The Morgan fingerprint density at radius 1 is 1.46 bits per heavy atom. The van der Waals surface area contributed by atoms with E-state index in [1.165, 1.54) is 12.4 Å². The Morgan fingerprint density at radius 3 is 2.92 bits per heavy atom. The summed E-state index contributed by atoms with van der Waals surface area (Å²) in [6, 6.07) is 3.42. The summed E-state index contributed by atoms with van der Waals surface area (Å²) < 4.78 is 1.01. The molecule has 0 aromatic carbocycles. The Balaban J connectivity index is 2.52. The maximum absolute atomic E-state index is 11.0. The van der Waals surface area contributed by atoms with Crippen molar-refractivity contribution in [2.45, 2.75) is 0 Å². The highest BCUT2D eigenvalue weighted by molar-refractivity contribution is 9.10. The Labute approximate surface area is 86.6 Å². The molecule has 0 unspecified atom stereocenters. The van der Waals surface area contributed by atoms with E-state index in [0.717, 1.165) is 9.35 Å². The summed E-state index contributed by atoms with van der Waals surface area (Å²) in [6.07, 6.45) is 1.41. The van der Waals surface area contributed by atoms with Crippen molar-refractivity contribution >= 4 is 27.3 Å². The van der Waals surface area contributed by atoms with Crippen LogP contribution in [-0.4, -0.2) is 9.97 Å². The highest BCUT2D eigenvalue weighted by Crippen LogP contribution is 2.27. The quantitative estimate of drug-likeness (QED) is 0.851. The number of thiophene rings is 1. The van der Waals surface area contributed by atoms with Crippen LogP contribution in [0.4, 0.5) is 0 Å². The lowest BCUT2D eigenvalue weighted by molar-refractivity contribution is 1.13. The standard InChI is InChI=1S/C8H5BrN2OS/c9-5-1-7(13-3-5)6-2-8(12)11-4-10-6/h1-4H,(H,10,11,12). The van der Waals surface area contributed by atoms with Gasteiger partial charge in [0.1, 0.15) is 0 Å². The summed E-state index contributed by atoms with van der Waals surface area (Å²) in [6.45, 7) is 0. The molecule has 0 atom stereocenters. The first-order valence-corrected chi connectivity index (χ1v) is 5.22. The molecule has 0 bridgehead atoms. The van der Waals surface area contributed by atoms with Crippen molar-refractivity contribution in [1.29, 1.82) is 0 Å². The van der Waals surface area contributed by atoms with Gasteiger partial charge in [0.05, 0.1) is 16.9 Å². The van der Waals surface area contributed by atoms with Gasteiger partial charge >= 0.3 is 0 Å². The predicted octanol–water partition coefficient (Wildman–Crippen LogP) is 2.26. The van der Waals surface area contributed by atoms with Gasteiger partial charge in [-0.15, -0.1) is 11.3 Å². The Hall–Kier alpha value is -0.940. The van der Waals surface area contributed by atoms with Crippen molar-refractivity contribution in [3.8, 4) is 10.6 Å². The second kappa shape index (κ2) is 3.43. The molecule has 5 heteroatoms. The average Bonchev–Trinajstić information content (AvgIpc) is 2.52. The summed E-state index contributed by atoms with van der Waals surface area (Å²) >= 11 is 4.89. The van der Waals surface area contributed by atoms with E-state index in [0.29, 0.717) is 5.69 Å². The van der Waals surface area contributed by atoms with E-state index in [2.05, 4.69) is 25.9 Å². The fourth-order valence-corrected chi connectivity index (χ4v) is 2.35. The summed E-state index contributed by atoms with van der Waals surface area (Å²) in [5, 5.41) is 1.96. The topological polar surface area (TPSA) is 45.8 Å². The van der Waals surface area contributed by atoms with Crippen LogP contribution in [0.2, 0.25) is 0 Å². The number of rotatable bonds is 1. The number of hydrogen-bond acceptors (Lipinski definition) is 3. The molecule has 0 saturated carbocycles. The molecule has 0 spiro atoms. The van der Waals surface area contributed by atoms with Crippen LogP contribution < -0.4 is 5.56 Å². The molecule has 0 saturated heterocycles. The monoisotopic (exact) mass is 256 g/mol. The van der Waals surface area contributed by atoms with Gasteiger partial charge in [-0.3, -0.25) is 4.79 Å². The highest BCUT2D eigenvalue weighted by Gasteiger charge is 2.02. The zero-order valence-electron chi connectivity index (χ0n) is 6.45. The smallest absolute Gasteiger partial charge is 0.251 e. The molecule has 0 amide bonds. The molecule has 2 rings (SSSR count). The van der Waals surface area contributed by atoms with E-state index in [4.69, 9.17) is 0 Å². The molecule has 1 N–H and O–H groups in total. The van der Waals surface area contributed by atoms with Crippen molar-refractivity contribution in [2.75, 3.05) is 0 Å². The molecule has 2 aromatic rings. The summed E-state index contributed by atoms with van der Waals surface area (Å²) in [5.41, 5.74) is 0.578. The first kappa shape index (κ1) is 8.65. The van der Waals surface area contributed by atoms with Gasteiger partial charge in [-0.25, -0.2) is 4.98 Å². The number of H-pyrrole nitrogens is 1. The van der Waals surface area contributed by atoms with E-state index in [-0.39, 0.29) is 5.56 Å². The first-order valence-electron chi connectivity index (χ1n) is 3.55. The SMILES string of the molecule is O=c1cc(-c2cc(Br)cs2)nc[nH]1. The van der Waals surface area contributed by atoms with Gasteiger partial charge in [0.25, 0.3) is 5.56 Å². The lowest BCUT2D eigenvalue weighted by Gasteiger charge is -1.92. The molecule has 2 heterocycles. The van der Waals surface area contributed by atoms with E-state index in [1.807, 2.05) is 11.4 Å². The molecule has 0 radical (unpaired) electrons. The minimum absolute atomic E-state index is 0.130. The van der Waals surface area contributed by atoms with E-state index >= 15 is 0 Å². The van der Waals surface area contributed by atoms with Crippen molar-refractivity contribution in [3.05, 3.63) is 38.7 Å². The van der Waals surface area contributed by atoms with Gasteiger partial charge in [-0.05, 0) is 22.0 Å². The number of aromatic nitrogens is 2. The highest BCUT2D eigenvalue weighted by atomic mass is 79.9. The minimum atomic E-state index is -0.130. The molecule has 66 valence electrons. The number of nitrogens with one attached hydrogen (secondary N) is 1. The van der Waals surface area contributed by atoms with Gasteiger partial charge in [0.15, 0.2) is 0 Å². The van der Waals surface area contributed by atoms with Gasteiger partial charge in [-0.2, -0.15) is 0 Å². The van der Waals surface area contributed by atoms with Gasteiger partial charge in [0.2, 0.25) is 0 Å². The molecule has 3 nitrogen and oxygen atoms in total. The molecular formula is C8H5BrN2OS. The lowest BCUT2D eigenvalue weighted by atomic mass is 10.3. The van der Waals surface area contributed by atoms with Crippen molar-refractivity contribution in [2.24, 2.45) is 0 Å². The molecule has 0 aliphatic heterocycles. The Bertz CT molecular complexity index is 477. The van der Waals surface area contributed by atoms with Crippen LogP contribution in [0.5, 0.6) is 0 Å². The lowest BCUT2D eigenvalue weighted by Crippen LogP contribution is -2.03. The summed E-state index contributed by atoms with van der Waals surface area (Å²) in [4.78, 5) is 18.5. The maximum Gasteiger partial charge on any atom is 0.251 e. The van der Waals surface area contributed by atoms with Crippen molar-refractivity contribution in [3.63, 3.8) is 0 Å². The fourth-order valence-electron chi connectivity index (χ4n) is 0.951. The second-order valence-electron chi connectivity index (χ2n) is 2.43. The second-order valence-corrected chi connectivity index (χ2v) is 4.25. The number of halogens is 1. The molecule has 0 aliphatic rings. The third-order valence-corrected chi connectivity index (χ3v) is 3.21. The van der Waals surface area contributed by atoms with Crippen LogP contribution in [0.25, 0.3) is 10.6 Å². The van der Waals surface area contributed by atoms with Crippen LogP contribution in [-0.2, 0) is 0 Å². The van der Waals surface area contributed by atoms with E-state index < -0.39 is 0 Å². The first-order chi connectivity index (χ1) is 6.25. The number of aromatic amines is 1. The zero-order valence-corrected chi connectivity index (χ0v) is 8.85. The van der Waals surface area contributed by atoms with Gasteiger partial charge in [0, 0.05) is 15.9 Å². The Kier molecular flexibility index (Phi) is 2.28.